The number of hydrogen-bond donors (Lipinski definition) is 1. The van der Waals surface area contributed by atoms with Crippen LogP contribution >= 0.6 is 0 Å². The molecule has 1 aromatic carbocycles. The van der Waals surface area contributed by atoms with E-state index in [0.29, 0.717) is 24.4 Å². The number of carboxylic acid groups (broad SMARTS) is 1. The third-order valence-corrected chi connectivity index (χ3v) is 4.07. The lowest BCUT2D eigenvalue weighted by Gasteiger charge is -2.42. The number of likely N-dealkylation sites (tertiary alicyclic amines) is 1. The first-order chi connectivity index (χ1) is 10.6. The Kier molecular flexibility index (Phi) is 3.85. The predicted molar refractivity (Wildman–Crippen MR) is 80.9 cm³/mol. The summed E-state index contributed by atoms with van der Waals surface area (Å²) in [5, 5.41) is 13.9. The van der Waals surface area contributed by atoms with Gasteiger partial charge in [-0.25, -0.2) is 0 Å². The Morgan fingerprint density at radius 2 is 2.23 bits per heavy atom. The van der Waals surface area contributed by atoms with Crippen LogP contribution in [0.4, 0.5) is 0 Å². The maximum Gasteiger partial charge on any atom is 0.325 e. The molecule has 1 fully saturated rings. The van der Waals surface area contributed by atoms with Gasteiger partial charge in [-0.1, -0.05) is 17.7 Å². The van der Waals surface area contributed by atoms with Crippen molar-refractivity contribution < 1.29 is 14.6 Å². The lowest BCUT2D eigenvalue weighted by molar-refractivity contribution is -0.146. The maximum absolute atomic E-state index is 11.8. The van der Waals surface area contributed by atoms with E-state index in [0.717, 1.165) is 5.56 Å². The number of ether oxygens (including phenoxy) is 1. The molecule has 2 heterocycles. The summed E-state index contributed by atoms with van der Waals surface area (Å²) in [6, 6.07) is 7.05. The molecule has 0 spiro atoms. The molecule has 0 bridgehead atoms. The second kappa shape index (κ2) is 5.81. The van der Waals surface area contributed by atoms with Crippen LogP contribution in [0.5, 0.6) is 5.75 Å². The summed E-state index contributed by atoms with van der Waals surface area (Å²) in [7, 11) is 1.57. The van der Waals surface area contributed by atoms with Crippen molar-refractivity contribution in [2.45, 2.75) is 19.0 Å². The summed E-state index contributed by atoms with van der Waals surface area (Å²) in [5.41, 5.74) is 1.72. The normalized spacial score (nSPS) is 17.0. The van der Waals surface area contributed by atoms with Crippen LogP contribution in [0.2, 0.25) is 0 Å². The van der Waals surface area contributed by atoms with Crippen LogP contribution < -0.4 is 4.74 Å². The minimum absolute atomic E-state index is 0.229. The number of aromatic nitrogens is 2. The molecule has 116 valence electrons. The van der Waals surface area contributed by atoms with Crippen LogP contribution in [0.3, 0.4) is 0 Å². The van der Waals surface area contributed by atoms with Gasteiger partial charge in [0.25, 0.3) is 0 Å². The van der Waals surface area contributed by atoms with Gasteiger partial charge in [0.15, 0.2) is 0 Å². The van der Waals surface area contributed by atoms with Gasteiger partial charge in [0.1, 0.15) is 11.8 Å². The second-order valence-electron chi connectivity index (χ2n) is 5.58. The molecule has 1 saturated heterocycles. The quantitative estimate of drug-likeness (QED) is 0.913. The molecule has 0 aliphatic carbocycles. The van der Waals surface area contributed by atoms with Crippen molar-refractivity contribution in [1.82, 2.24) is 14.7 Å². The molecule has 1 N–H and O–H groups in total. The first kappa shape index (κ1) is 14.6. The summed E-state index contributed by atoms with van der Waals surface area (Å²) in [6.45, 7) is 3.27. The van der Waals surface area contributed by atoms with Gasteiger partial charge in [-0.15, -0.1) is 0 Å². The Hall–Kier alpha value is -2.34. The zero-order valence-electron chi connectivity index (χ0n) is 12.6. The number of hydrogen-bond acceptors (Lipinski definition) is 4. The smallest absolute Gasteiger partial charge is 0.325 e. The fourth-order valence-electron chi connectivity index (χ4n) is 2.92. The molecule has 6 heteroatoms. The van der Waals surface area contributed by atoms with Crippen molar-refractivity contribution in [2.24, 2.45) is 0 Å². The van der Waals surface area contributed by atoms with Crippen LogP contribution in [-0.4, -0.2) is 46.0 Å². The summed E-state index contributed by atoms with van der Waals surface area (Å²) < 4.78 is 7.22. The molecule has 1 atom stereocenters. The number of benzene rings is 1. The van der Waals surface area contributed by atoms with Crippen molar-refractivity contribution in [3.63, 3.8) is 0 Å². The fourth-order valence-corrected chi connectivity index (χ4v) is 2.92. The van der Waals surface area contributed by atoms with E-state index in [-0.39, 0.29) is 6.04 Å². The highest BCUT2D eigenvalue weighted by Crippen LogP contribution is 2.36. The number of nitrogens with zero attached hydrogens (tertiary/aromatic N) is 3. The summed E-state index contributed by atoms with van der Waals surface area (Å²) >= 11 is 0. The van der Waals surface area contributed by atoms with E-state index in [9.17, 15) is 9.90 Å². The van der Waals surface area contributed by atoms with Gasteiger partial charge in [0.05, 0.1) is 13.2 Å². The van der Waals surface area contributed by atoms with Crippen LogP contribution in [0.25, 0.3) is 0 Å². The first-order valence-electron chi connectivity index (χ1n) is 7.20. The Labute approximate surface area is 128 Å². The SMILES string of the molecule is COc1ccc(C)cc1C(C(=O)O)N1CC(n2cccn2)C1. The number of aryl methyl sites for hydroxylation is 1. The second-order valence-corrected chi connectivity index (χ2v) is 5.58. The van der Waals surface area contributed by atoms with Crippen molar-refractivity contribution in [1.29, 1.82) is 0 Å². The molecule has 3 rings (SSSR count). The third kappa shape index (κ3) is 2.57. The van der Waals surface area contributed by atoms with Gasteiger partial charge >= 0.3 is 5.97 Å². The molecule has 1 unspecified atom stereocenters. The van der Waals surface area contributed by atoms with Crippen molar-refractivity contribution >= 4 is 5.97 Å². The van der Waals surface area contributed by atoms with E-state index >= 15 is 0 Å². The molecular weight excluding hydrogens is 282 g/mol. The highest BCUT2D eigenvalue weighted by molar-refractivity contribution is 5.77. The van der Waals surface area contributed by atoms with Crippen LogP contribution in [0.15, 0.2) is 36.7 Å². The van der Waals surface area contributed by atoms with E-state index in [4.69, 9.17) is 4.74 Å². The van der Waals surface area contributed by atoms with Gasteiger partial charge in [0.2, 0.25) is 0 Å². The average molecular weight is 301 g/mol. The number of carbonyl (C=O) groups is 1. The number of rotatable bonds is 5. The molecule has 1 aliphatic heterocycles. The van der Waals surface area contributed by atoms with E-state index in [1.54, 1.807) is 13.3 Å². The van der Waals surface area contributed by atoms with E-state index in [1.807, 2.05) is 47.0 Å². The van der Waals surface area contributed by atoms with Crippen LogP contribution in [0, 0.1) is 6.92 Å². The highest BCUT2D eigenvalue weighted by atomic mass is 16.5. The number of aliphatic carboxylic acids is 1. The molecule has 0 saturated carbocycles. The van der Waals surface area contributed by atoms with Gasteiger partial charge in [-0.3, -0.25) is 14.4 Å². The Morgan fingerprint density at radius 1 is 1.45 bits per heavy atom. The predicted octanol–water partition coefficient (Wildman–Crippen LogP) is 1.88. The first-order valence-corrected chi connectivity index (χ1v) is 7.20. The topological polar surface area (TPSA) is 67.6 Å². The zero-order chi connectivity index (χ0) is 15.7. The Balaban J connectivity index is 1.83. The zero-order valence-corrected chi connectivity index (χ0v) is 12.6. The van der Waals surface area contributed by atoms with Crippen LogP contribution in [-0.2, 0) is 4.79 Å². The summed E-state index contributed by atoms with van der Waals surface area (Å²) in [4.78, 5) is 13.7. The monoisotopic (exact) mass is 301 g/mol. The maximum atomic E-state index is 11.8. The number of methoxy groups -OCH3 is 1. The molecule has 1 aliphatic rings. The molecular formula is C16H19N3O3. The van der Waals surface area contributed by atoms with Gasteiger partial charge in [0, 0.05) is 31.0 Å². The summed E-state index contributed by atoms with van der Waals surface area (Å²) in [5.74, 6) is -0.247. The van der Waals surface area contributed by atoms with Crippen molar-refractivity contribution in [2.75, 3.05) is 20.2 Å². The molecule has 2 aromatic rings. The standard InChI is InChI=1S/C16H19N3O3/c1-11-4-5-14(22-2)13(8-11)15(16(20)21)18-9-12(10-18)19-7-3-6-17-19/h3-8,12,15H,9-10H2,1-2H3,(H,20,21). The van der Waals surface area contributed by atoms with E-state index < -0.39 is 12.0 Å². The molecule has 0 amide bonds. The molecule has 22 heavy (non-hydrogen) atoms. The van der Waals surface area contributed by atoms with Gasteiger partial charge in [-0.05, 0) is 19.1 Å². The van der Waals surface area contributed by atoms with Crippen LogP contribution in [0.1, 0.15) is 23.2 Å². The third-order valence-electron chi connectivity index (χ3n) is 4.07. The van der Waals surface area contributed by atoms with Crippen molar-refractivity contribution in [3.8, 4) is 5.75 Å². The lowest BCUT2D eigenvalue weighted by Crippen LogP contribution is -2.51. The molecule has 6 nitrogen and oxygen atoms in total. The average Bonchev–Trinajstić information content (AvgIpc) is 2.95. The molecule has 1 aromatic heterocycles. The molecule has 0 radical (unpaired) electrons. The van der Waals surface area contributed by atoms with Gasteiger partial charge < -0.3 is 9.84 Å². The highest BCUT2D eigenvalue weighted by Gasteiger charge is 2.39. The fraction of sp³-hybridized carbons (Fsp3) is 0.375. The number of carboxylic acids is 1. The lowest BCUT2D eigenvalue weighted by atomic mass is 9.97. The summed E-state index contributed by atoms with van der Waals surface area (Å²) in [6.07, 6.45) is 3.64. The Bertz CT molecular complexity index is 663. The van der Waals surface area contributed by atoms with E-state index in [1.165, 1.54) is 0 Å². The van der Waals surface area contributed by atoms with E-state index in [2.05, 4.69) is 5.10 Å². The minimum Gasteiger partial charge on any atom is -0.496 e. The largest absolute Gasteiger partial charge is 0.496 e. The van der Waals surface area contributed by atoms with Crippen molar-refractivity contribution in [3.05, 3.63) is 47.8 Å². The Morgan fingerprint density at radius 3 is 2.82 bits per heavy atom. The van der Waals surface area contributed by atoms with Gasteiger partial charge in [-0.2, -0.15) is 5.10 Å². The minimum atomic E-state index is -0.859.